The van der Waals surface area contributed by atoms with Crippen LogP contribution in [0.1, 0.15) is 0 Å². The molecule has 0 aliphatic heterocycles. The number of rotatable bonds is 2. The highest BCUT2D eigenvalue weighted by Gasteiger charge is 2.09. The maximum Gasteiger partial charge on any atom is 0.322 e. The first kappa shape index (κ1) is 10.3. The highest BCUT2D eigenvalue weighted by molar-refractivity contribution is 7.99. The molecule has 11 heavy (non-hydrogen) atoms. The Morgan fingerprint density at radius 3 is 2.64 bits per heavy atom. The number of hydrogen-bond donors (Lipinski definition) is 2. The quantitative estimate of drug-likeness (QED) is 0.477. The Balaban J connectivity index is 3.91. The van der Waals surface area contributed by atoms with Gasteiger partial charge in [0, 0.05) is 14.1 Å². The van der Waals surface area contributed by atoms with E-state index in [2.05, 4.69) is 5.32 Å². The molecule has 0 unspecified atom stereocenters. The smallest absolute Gasteiger partial charge is 0.322 e. The molecule has 0 rings (SSSR count). The van der Waals surface area contributed by atoms with Crippen molar-refractivity contribution in [2.75, 3.05) is 26.1 Å². The van der Waals surface area contributed by atoms with Gasteiger partial charge in [-0.15, -0.1) is 0 Å². The highest BCUT2D eigenvalue weighted by atomic mass is 32.2. The van der Waals surface area contributed by atoms with Crippen molar-refractivity contribution in [1.82, 2.24) is 10.2 Å². The molecule has 0 atom stereocenters. The minimum atomic E-state index is -0.246. The average molecular weight is 175 g/mol. The Bertz CT molecular complexity index is 160. The Morgan fingerprint density at radius 2 is 2.27 bits per heavy atom. The van der Waals surface area contributed by atoms with Gasteiger partial charge in [0.05, 0.1) is 5.75 Å². The summed E-state index contributed by atoms with van der Waals surface area (Å²) in [4.78, 5) is 12.2. The lowest BCUT2D eigenvalue weighted by Crippen LogP contribution is -2.39. The number of hydrogen-bond acceptors (Lipinski definition) is 3. The molecule has 0 radical (unpaired) electrons. The van der Waals surface area contributed by atoms with Crippen molar-refractivity contribution < 1.29 is 4.79 Å². The molecule has 0 aliphatic carbocycles. The number of thioether (sulfide) groups is 1. The number of carbonyl (C=O) groups is 1. The molecule has 0 aromatic rings. The van der Waals surface area contributed by atoms with E-state index < -0.39 is 0 Å². The second kappa shape index (κ2) is 5.01. The van der Waals surface area contributed by atoms with Crippen molar-refractivity contribution in [3.05, 3.63) is 0 Å². The van der Waals surface area contributed by atoms with E-state index >= 15 is 0 Å². The Kier molecular flexibility index (Phi) is 4.69. The first-order valence-electron chi connectivity index (χ1n) is 3.15. The number of amidine groups is 1. The van der Waals surface area contributed by atoms with Gasteiger partial charge < -0.3 is 5.32 Å². The first-order chi connectivity index (χ1) is 5.13. The van der Waals surface area contributed by atoms with Crippen LogP contribution in [0.2, 0.25) is 0 Å². The lowest BCUT2D eigenvalue weighted by molar-refractivity contribution is 0.228. The van der Waals surface area contributed by atoms with Crippen molar-refractivity contribution in [1.29, 1.82) is 5.41 Å². The van der Waals surface area contributed by atoms with Gasteiger partial charge >= 0.3 is 6.03 Å². The standard InChI is InChI=1S/C6H13N3OS/c1-8-6(10)9(2)5(7)4-11-3/h7H,4H2,1-3H3,(H,8,10). The van der Waals surface area contributed by atoms with Gasteiger partial charge in [0.1, 0.15) is 5.84 Å². The second-order valence-electron chi connectivity index (χ2n) is 1.99. The normalized spacial score (nSPS) is 9.00. The molecule has 0 bridgehead atoms. The van der Waals surface area contributed by atoms with Crippen LogP contribution in [0.5, 0.6) is 0 Å². The van der Waals surface area contributed by atoms with Crippen molar-refractivity contribution in [2.24, 2.45) is 0 Å². The number of nitrogens with zero attached hydrogens (tertiary/aromatic N) is 1. The predicted molar refractivity (Wildman–Crippen MR) is 48.3 cm³/mol. The van der Waals surface area contributed by atoms with E-state index in [1.54, 1.807) is 14.1 Å². The molecule has 0 fully saturated rings. The monoisotopic (exact) mass is 175 g/mol. The van der Waals surface area contributed by atoms with Crippen LogP contribution in [-0.2, 0) is 0 Å². The number of carbonyl (C=O) groups excluding carboxylic acids is 1. The molecule has 0 aromatic heterocycles. The largest absolute Gasteiger partial charge is 0.341 e. The van der Waals surface area contributed by atoms with Crippen LogP contribution < -0.4 is 5.32 Å². The van der Waals surface area contributed by atoms with Crippen LogP contribution >= 0.6 is 11.8 Å². The number of nitrogens with one attached hydrogen (secondary N) is 2. The molecule has 2 amide bonds. The maximum atomic E-state index is 10.9. The topological polar surface area (TPSA) is 56.2 Å². The van der Waals surface area contributed by atoms with Crippen LogP contribution in [0.25, 0.3) is 0 Å². The summed E-state index contributed by atoms with van der Waals surface area (Å²) < 4.78 is 0. The van der Waals surface area contributed by atoms with E-state index in [0.717, 1.165) is 0 Å². The predicted octanol–water partition coefficient (Wildman–Crippen LogP) is 0.598. The van der Waals surface area contributed by atoms with E-state index in [4.69, 9.17) is 5.41 Å². The minimum absolute atomic E-state index is 0.246. The SMILES string of the molecule is CNC(=O)N(C)C(=N)CSC. The van der Waals surface area contributed by atoms with Crippen molar-refractivity contribution in [3.8, 4) is 0 Å². The zero-order chi connectivity index (χ0) is 8.85. The van der Waals surface area contributed by atoms with E-state index in [9.17, 15) is 4.79 Å². The average Bonchev–Trinajstić information content (AvgIpc) is 2.02. The summed E-state index contributed by atoms with van der Waals surface area (Å²) in [5, 5.41) is 9.81. The van der Waals surface area contributed by atoms with Gasteiger partial charge in [0.25, 0.3) is 0 Å². The lowest BCUT2D eigenvalue weighted by atomic mass is 10.6. The first-order valence-corrected chi connectivity index (χ1v) is 4.54. The number of amides is 2. The summed E-state index contributed by atoms with van der Waals surface area (Å²) in [6.07, 6.45) is 1.90. The molecule has 0 saturated carbocycles. The molecule has 0 aromatic carbocycles. The Morgan fingerprint density at radius 1 is 1.73 bits per heavy atom. The molecule has 0 heterocycles. The molecule has 5 heteroatoms. The zero-order valence-corrected chi connectivity index (χ0v) is 7.79. The van der Waals surface area contributed by atoms with Gasteiger partial charge in [-0.2, -0.15) is 11.8 Å². The summed E-state index contributed by atoms with van der Waals surface area (Å²) in [5.74, 6) is 0.876. The van der Waals surface area contributed by atoms with E-state index in [1.165, 1.54) is 16.7 Å². The summed E-state index contributed by atoms with van der Waals surface area (Å²) in [7, 11) is 3.13. The third-order valence-electron chi connectivity index (χ3n) is 1.20. The fourth-order valence-electron chi connectivity index (χ4n) is 0.524. The van der Waals surface area contributed by atoms with E-state index in [0.29, 0.717) is 11.6 Å². The van der Waals surface area contributed by atoms with Crippen LogP contribution in [0.4, 0.5) is 4.79 Å². The lowest BCUT2D eigenvalue weighted by Gasteiger charge is -2.16. The van der Waals surface area contributed by atoms with Crippen LogP contribution in [0.3, 0.4) is 0 Å². The molecule has 0 spiro atoms. The van der Waals surface area contributed by atoms with Gasteiger partial charge in [0.15, 0.2) is 0 Å². The third kappa shape index (κ3) is 3.27. The summed E-state index contributed by atoms with van der Waals surface area (Å²) in [5.41, 5.74) is 0. The molecule has 0 saturated heterocycles. The van der Waals surface area contributed by atoms with Crippen molar-refractivity contribution in [3.63, 3.8) is 0 Å². The van der Waals surface area contributed by atoms with Gasteiger partial charge in [0.2, 0.25) is 0 Å². The van der Waals surface area contributed by atoms with Crippen LogP contribution in [-0.4, -0.2) is 42.9 Å². The minimum Gasteiger partial charge on any atom is -0.341 e. The van der Waals surface area contributed by atoms with Crippen molar-refractivity contribution in [2.45, 2.75) is 0 Å². The highest BCUT2D eigenvalue weighted by Crippen LogP contribution is 1.95. The zero-order valence-electron chi connectivity index (χ0n) is 6.97. The summed E-state index contributed by atoms with van der Waals surface area (Å²) in [6, 6.07) is -0.246. The number of urea groups is 1. The van der Waals surface area contributed by atoms with Crippen LogP contribution in [0.15, 0.2) is 0 Å². The molecular formula is C6H13N3OS. The molecule has 0 aliphatic rings. The maximum absolute atomic E-state index is 10.9. The summed E-state index contributed by atoms with van der Waals surface area (Å²) in [6.45, 7) is 0. The second-order valence-corrected chi connectivity index (χ2v) is 2.86. The summed E-state index contributed by atoms with van der Waals surface area (Å²) >= 11 is 1.52. The van der Waals surface area contributed by atoms with Crippen LogP contribution in [0, 0.1) is 5.41 Å². The van der Waals surface area contributed by atoms with Crippen molar-refractivity contribution >= 4 is 23.6 Å². The van der Waals surface area contributed by atoms with Gasteiger partial charge in [-0.25, -0.2) is 4.79 Å². The molecular weight excluding hydrogens is 162 g/mol. The van der Waals surface area contributed by atoms with Gasteiger partial charge in [-0.1, -0.05) is 0 Å². The fourth-order valence-corrected chi connectivity index (χ4v) is 0.991. The van der Waals surface area contributed by atoms with E-state index in [1.807, 2.05) is 6.26 Å². The molecule has 2 N–H and O–H groups in total. The van der Waals surface area contributed by atoms with Gasteiger partial charge in [-0.05, 0) is 6.26 Å². The Hall–Kier alpha value is -0.710. The molecule has 4 nitrogen and oxygen atoms in total. The Labute approximate surface area is 70.8 Å². The van der Waals surface area contributed by atoms with Gasteiger partial charge in [-0.3, -0.25) is 10.3 Å². The third-order valence-corrected chi connectivity index (χ3v) is 1.77. The van der Waals surface area contributed by atoms with E-state index in [-0.39, 0.29) is 6.03 Å². The fraction of sp³-hybridized carbons (Fsp3) is 0.667. The molecule has 64 valence electrons.